The number of carbonyl (C=O) groups is 1. The molecule has 1 aliphatic carbocycles. The van der Waals surface area contributed by atoms with Crippen LogP contribution in [-0.2, 0) is 9.84 Å². The number of aromatic nitrogens is 4. The van der Waals surface area contributed by atoms with Gasteiger partial charge in [-0.05, 0) is 38.7 Å². The van der Waals surface area contributed by atoms with E-state index in [4.69, 9.17) is 10.7 Å². The van der Waals surface area contributed by atoms with Crippen molar-refractivity contribution in [1.29, 1.82) is 0 Å². The minimum atomic E-state index is -3.33. The lowest BCUT2D eigenvalue weighted by atomic mass is 9.77. The highest BCUT2D eigenvalue weighted by Crippen LogP contribution is 2.41. The molecule has 3 aromatic heterocycles. The van der Waals surface area contributed by atoms with Crippen molar-refractivity contribution in [2.45, 2.75) is 44.1 Å². The summed E-state index contributed by atoms with van der Waals surface area (Å²) < 4.78 is 25.0. The Hall–Kier alpha value is -3.63. The first-order chi connectivity index (χ1) is 17.5. The lowest BCUT2D eigenvalue weighted by Gasteiger charge is -2.35. The topological polar surface area (TPSA) is 141 Å². The molecule has 3 heterocycles. The lowest BCUT2D eigenvalue weighted by Crippen LogP contribution is -2.40. The van der Waals surface area contributed by atoms with Crippen LogP contribution in [0.4, 0.5) is 5.82 Å². The van der Waals surface area contributed by atoms with Crippen LogP contribution >= 0.6 is 0 Å². The van der Waals surface area contributed by atoms with Gasteiger partial charge in [-0.1, -0.05) is 36.4 Å². The second-order valence-corrected chi connectivity index (χ2v) is 12.1. The molecule has 0 saturated heterocycles. The number of nitrogens with two attached hydrogens (primary N) is 1. The standard InChI is InChI=1S/C27H29N5O4S/c1-17(33)23-24(19-10-12-27(34,13-11-19)16-37(2,35)36)31-26-21(15-30-32(26)25(23)28)20-8-9-22(29-14-20)18-6-4-3-5-7-18/h3-9,14-15,19,34H,10-13,16,28H2,1-2H3/t19-,27+. The second kappa shape index (κ2) is 9.35. The van der Waals surface area contributed by atoms with E-state index in [2.05, 4.69) is 10.1 Å². The summed E-state index contributed by atoms with van der Waals surface area (Å²) in [6.45, 7) is 1.45. The number of nitrogen functional groups attached to an aromatic ring is 1. The monoisotopic (exact) mass is 519 g/mol. The number of ketones is 1. The number of rotatable bonds is 6. The fourth-order valence-corrected chi connectivity index (χ4v) is 6.55. The second-order valence-electron chi connectivity index (χ2n) is 9.97. The van der Waals surface area contributed by atoms with Gasteiger partial charge in [0.2, 0.25) is 0 Å². The molecule has 0 radical (unpaired) electrons. The number of anilines is 1. The first-order valence-electron chi connectivity index (χ1n) is 12.1. The van der Waals surface area contributed by atoms with Crippen molar-refractivity contribution in [2.24, 2.45) is 0 Å². The normalized spacial score (nSPS) is 20.2. The van der Waals surface area contributed by atoms with E-state index in [9.17, 15) is 18.3 Å². The fourth-order valence-electron chi connectivity index (χ4n) is 5.29. The third-order valence-corrected chi connectivity index (χ3v) is 8.10. The average molecular weight is 520 g/mol. The molecule has 0 bridgehead atoms. The Bertz CT molecular complexity index is 1570. The van der Waals surface area contributed by atoms with E-state index in [1.807, 2.05) is 42.5 Å². The Kier molecular flexibility index (Phi) is 6.33. The first kappa shape index (κ1) is 25.0. The zero-order chi connectivity index (χ0) is 26.4. The molecule has 10 heteroatoms. The number of sulfone groups is 1. The van der Waals surface area contributed by atoms with Gasteiger partial charge < -0.3 is 10.8 Å². The van der Waals surface area contributed by atoms with Gasteiger partial charge in [0.15, 0.2) is 11.4 Å². The number of hydrogen-bond donors (Lipinski definition) is 2. The maximum atomic E-state index is 12.6. The van der Waals surface area contributed by atoms with E-state index in [-0.39, 0.29) is 23.3 Å². The van der Waals surface area contributed by atoms with Gasteiger partial charge in [0.05, 0.1) is 34.5 Å². The van der Waals surface area contributed by atoms with Crippen LogP contribution in [0.5, 0.6) is 0 Å². The maximum Gasteiger partial charge on any atom is 0.165 e. The summed E-state index contributed by atoms with van der Waals surface area (Å²) in [5.74, 6) is -0.429. The maximum absolute atomic E-state index is 12.6. The van der Waals surface area contributed by atoms with Crippen LogP contribution in [0, 0.1) is 0 Å². The summed E-state index contributed by atoms with van der Waals surface area (Å²) in [4.78, 5) is 22.1. The van der Waals surface area contributed by atoms with Crippen molar-refractivity contribution in [1.82, 2.24) is 19.6 Å². The smallest absolute Gasteiger partial charge is 0.165 e. The van der Waals surface area contributed by atoms with Gasteiger partial charge in [0, 0.05) is 35.1 Å². The molecule has 0 spiro atoms. The van der Waals surface area contributed by atoms with Crippen LogP contribution in [0.25, 0.3) is 28.0 Å². The van der Waals surface area contributed by atoms with Crippen molar-refractivity contribution >= 4 is 27.1 Å². The Morgan fingerprint density at radius 1 is 1.11 bits per heavy atom. The van der Waals surface area contributed by atoms with E-state index in [0.29, 0.717) is 42.6 Å². The van der Waals surface area contributed by atoms with Crippen LogP contribution < -0.4 is 5.73 Å². The van der Waals surface area contributed by atoms with E-state index in [1.165, 1.54) is 11.4 Å². The number of Topliss-reactive ketones (excluding diaryl/α,β-unsaturated/α-hetero) is 1. The van der Waals surface area contributed by atoms with Gasteiger partial charge in [-0.3, -0.25) is 9.78 Å². The van der Waals surface area contributed by atoms with Gasteiger partial charge in [-0.25, -0.2) is 13.4 Å². The van der Waals surface area contributed by atoms with Crippen molar-refractivity contribution in [3.05, 3.63) is 66.1 Å². The van der Waals surface area contributed by atoms with Gasteiger partial charge in [-0.15, -0.1) is 0 Å². The number of aliphatic hydroxyl groups is 1. The summed E-state index contributed by atoms with van der Waals surface area (Å²) in [5, 5.41) is 15.2. The fraction of sp³-hybridized carbons (Fsp3) is 0.333. The minimum Gasteiger partial charge on any atom is -0.389 e. The summed E-state index contributed by atoms with van der Waals surface area (Å²) in [6.07, 6.45) is 6.14. The zero-order valence-corrected chi connectivity index (χ0v) is 21.6. The SMILES string of the molecule is CC(=O)c1c(N)n2ncc(-c3ccc(-c4ccccc4)nc3)c2nc1[C@H]1CC[C@](O)(CS(C)(=O)=O)CC1. The van der Waals surface area contributed by atoms with Crippen molar-refractivity contribution < 1.29 is 18.3 Å². The summed E-state index contributed by atoms with van der Waals surface area (Å²) in [5.41, 5.74) is 9.98. The van der Waals surface area contributed by atoms with E-state index < -0.39 is 15.4 Å². The van der Waals surface area contributed by atoms with E-state index in [0.717, 1.165) is 28.6 Å². The summed E-state index contributed by atoms with van der Waals surface area (Å²) in [7, 11) is -3.33. The van der Waals surface area contributed by atoms with Gasteiger partial charge in [-0.2, -0.15) is 9.61 Å². The highest BCUT2D eigenvalue weighted by Gasteiger charge is 2.38. The predicted octanol–water partition coefficient (Wildman–Crippen LogP) is 3.68. The van der Waals surface area contributed by atoms with E-state index in [1.54, 1.807) is 12.4 Å². The Labute approximate surface area is 215 Å². The largest absolute Gasteiger partial charge is 0.389 e. The Balaban J connectivity index is 1.52. The number of hydrogen-bond acceptors (Lipinski definition) is 8. The number of fused-ring (bicyclic) bond motifs is 1. The molecule has 1 saturated carbocycles. The number of pyridine rings is 1. The molecule has 5 rings (SSSR count). The number of benzene rings is 1. The molecular formula is C27H29N5O4S. The quantitative estimate of drug-likeness (QED) is 0.368. The molecule has 9 nitrogen and oxygen atoms in total. The Morgan fingerprint density at radius 3 is 2.41 bits per heavy atom. The van der Waals surface area contributed by atoms with Crippen LogP contribution in [0.3, 0.4) is 0 Å². The Morgan fingerprint density at radius 2 is 1.81 bits per heavy atom. The molecule has 0 atom stereocenters. The molecule has 0 amide bonds. The van der Waals surface area contributed by atoms with Crippen LogP contribution in [0.15, 0.2) is 54.9 Å². The molecule has 1 aliphatic rings. The molecular weight excluding hydrogens is 490 g/mol. The highest BCUT2D eigenvalue weighted by molar-refractivity contribution is 7.90. The van der Waals surface area contributed by atoms with Crippen LogP contribution in [-0.4, -0.2) is 56.5 Å². The molecule has 1 fully saturated rings. The van der Waals surface area contributed by atoms with Crippen LogP contribution in [0.2, 0.25) is 0 Å². The molecule has 3 N–H and O–H groups in total. The van der Waals surface area contributed by atoms with Gasteiger partial charge in [0.25, 0.3) is 0 Å². The van der Waals surface area contributed by atoms with E-state index >= 15 is 0 Å². The van der Waals surface area contributed by atoms with Crippen molar-refractivity contribution in [3.8, 4) is 22.4 Å². The highest BCUT2D eigenvalue weighted by atomic mass is 32.2. The molecule has 192 valence electrons. The van der Waals surface area contributed by atoms with Gasteiger partial charge in [0.1, 0.15) is 15.7 Å². The molecule has 0 aliphatic heterocycles. The summed E-state index contributed by atoms with van der Waals surface area (Å²) in [6, 6.07) is 13.8. The molecule has 4 aromatic rings. The lowest BCUT2D eigenvalue weighted by molar-refractivity contribution is 0.0200. The van der Waals surface area contributed by atoms with Crippen molar-refractivity contribution in [2.75, 3.05) is 17.7 Å². The third kappa shape index (κ3) is 4.99. The molecule has 37 heavy (non-hydrogen) atoms. The third-order valence-electron chi connectivity index (χ3n) is 7.04. The van der Waals surface area contributed by atoms with Crippen LogP contribution in [0.1, 0.15) is 54.6 Å². The number of nitrogens with zero attached hydrogens (tertiary/aromatic N) is 4. The number of carbonyl (C=O) groups excluding carboxylic acids is 1. The zero-order valence-electron chi connectivity index (χ0n) is 20.8. The summed E-state index contributed by atoms with van der Waals surface area (Å²) >= 11 is 0. The minimum absolute atomic E-state index is 0.146. The average Bonchev–Trinajstić information content (AvgIpc) is 3.28. The first-order valence-corrected chi connectivity index (χ1v) is 14.2. The molecule has 0 unspecified atom stereocenters. The van der Waals surface area contributed by atoms with Gasteiger partial charge >= 0.3 is 0 Å². The predicted molar refractivity (Wildman–Crippen MR) is 142 cm³/mol. The molecule has 1 aromatic carbocycles. The van der Waals surface area contributed by atoms with Crippen molar-refractivity contribution in [3.63, 3.8) is 0 Å².